The van der Waals surface area contributed by atoms with Crippen molar-refractivity contribution in [2.75, 3.05) is 18.4 Å². The van der Waals surface area contributed by atoms with Crippen molar-refractivity contribution >= 4 is 11.6 Å². The molecule has 0 aliphatic heterocycles. The molecule has 0 heterocycles. The van der Waals surface area contributed by atoms with Crippen molar-refractivity contribution in [3.63, 3.8) is 0 Å². The number of rotatable bonds is 9. The molecule has 1 aromatic carbocycles. The normalized spacial score (nSPS) is 10.6. The second kappa shape index (κ2) is 9.54. The van der Waals surface area contributed by atoms with Gasteiger partial charge in [0.15, 0.2) is 0 Å². The molecule has 0 aliphatic carbocycles. The van der Waals surface area contributed by atoms with Crippen molar-refractivity contribution < 1.29 is 4.79 Å². The van der Waals surface area contributed by atoms with E-state index in [2.05, 4.69) is 30.5 Å². The first kappa shape index (κ1) is 16.7. The van der Waals surface area contributed by atoms with Gasteiger partial charge in [-0.15, -0.1) is 0 Å². The van der Waals surface area contributed by atoms with Crippen LogP contribution in [0.25, 0.3) is 0 Å². The molecule has 112 valence electrons. The minimum atomic E-state index is 0.0944. The van der Waals surface area contributed by atoms with Crippen LogP contribution in [-0.4, -0.2) is 19.0 Å². The summed E-state index contributed by atoms with van der Waals surface area (Å²) in [4.78, 5) is 12.0. The van der Waals surface area contributed by atoms with Gasteiger partial charge in [0, 0.05) is 18.7 Å². The highest BCUT2D eigenvalue weighted by molar-refractivity contribution is 5.92. The number of anilines is 1. The van der Waals surface area contributed by atoms with Crippen molar-refractivity contribution in [3.8, 4) is 0 Å². The lowest BCUT2D eigenvalue weighted by Crippen LogP contribution is -2.23. The highest BCUT2D eigenvalue weighted by atomic mass is 16.1. The molecular weight excluding hydrogens is 248 g/mol. The van der Waals surface area contributed by atoms with Crippen LogP contribution in [0.15, 0.2) is 18.2 Å². The number of amides is 1. The Morgan fingerprint density at radius 3 is 2.65 bits per heavy atom. The maximum absolute atomic E-state index is 12.0. The van der Waals surface area contributed by atoms with Gasteiger partial charge < -0.3 is 10.6 Å². The number of benzene rings is 1. The summed E-state index contributed by atoms with van der Waals surface area (Å²) >= 11 is 0. The van der Waals surface area contributed by atoms with Gasteiger partial charge >= 0.3 is 0 Å². The number of unbranched alkanes of at least 4 members (excludes halogenated alkanes) is 2. The van der Waals surface area contributed by atoms with Gasteiger partial charge in [0.2, 0.25) is 5.91 Å². The molecule has 0 unspecified atom stereocenters. The summed E-state index contributed by atoms with van der Waals surface area (Å²) in [5.74, 6) is 0.0944. The van der Waals surface area contributed by atoms with Crippen LogP contribution in [-0.2, 0) is 11.2 Å². The van der Waals surface area contributed by atoms with Crippen LogP contribution in [0.5, 0.6) is 0 Å². The smallest absolute Gasteiger partial charge is 0.225 e. The number of carbonyl (C=O) groups excluding carboxylic acids is 1. The number of hydrogen-bond acceptors (Lipinski definition) is 2. The van der Waals surface area contributed by atoms with Crippen LogP contribution in [0.4, 0.5) is 5.69 Å². The Balaban J connectivity index is 2.35. The summed E-state index contributed by atoms with van der Waals surface area (Å²) in [7, 11) is 0. The second-order valence-electron chi connectivity index (χ2n) is 5.22. The predicted octanol–water partition coefficient (Wildman–Crippen LogP) is 3.67. The Morgan fingerprint density at radius 1 is 1.15 bits per heavy atom. The maximum Gasteiger partial charge on any atom is 0.225 e. The number of carbonyl (C=O) groups is 1. The second-order valence-corrected chi connectivity index (χ2v) is 5.22. The van der Waals surface area contributed by atoms with Gasteiger partial charge in [-0.1, -0.05) is 44.9 Å². The van der Waals surface area contributed by atoms with Crippen LogP contribution in [0.1, 0.15) is 50.7 Å². The van der Waals surface area contributed by atoms with Crippen molar-refractivity contribution in [1.29, 1.82) is 0 Å². The molecule has 1 rings (SSSR count). The largest absolute Gasteiger partial charge is 0.326 e. The monoisotopic (exact) mass is 276 g/mol. The molecule has 0 aromatic heterocycles. The van der Waals surface area contributed by atoms with Crippen molar-refractivity contribution in [2.24, 2.45) is 0 Å². The molecule has 2 N–H and O–H groups in total. The molecule has 3 nitrogen and oxygen atoms in total. The lowest BCUT2D eigenvalue weighted by Gasteiger charge is -2.13. The van der Waals surface area contributed by atoms with E-state index in [-0.39, 0.29) is 5.91 Å². The fraction of sp³-hybridized carbons (Fsp3) is 0.588. The number of nitrogens with one attached hydrogen (secondary N) is 2. The minimum Gasteiger partial charge on any atom is -0.326 e. The number of para-hydroxylation sites is 1. The van der Waals surface area contributed by atoms with E-state index in [0.29, 0.717) is 6.42 Å². The third-order valence-corrected chi connectivity index (χ3v) is 3.49. The van der Waals surface area contributed by atoms with Crippen molar-refractivity contribution in [1.82, 2.24) is 5.32 Å². The zero-order valence-corrected chi connectivity index (χ0v) is 13.1. The summed E-state index contributed by atoms with van der Waals surface area (Å²) in [6.45, 7) is 8.10. The fourth-order valence-corrected chi connectivity index (χ4v) is 2.23. The fourth-order valence-electron chi connectivity index (χ4n) is 2.23. The maximum atomic E-state index is 12.0. The SMILES string of the molecule is CCCCCNCCC(=O)Nc1c(C)cccc1CC. The molecule has 0 spiro atoms. The first-order chi connectivity index (χ1) is 9.69. The summed E-state index contributed by atoms with van der Waals surface area (Å²) in [6.07, 6.45) is 5.14. The highest BCUT2D eigenvalue weighted by Gasteiger charge is 2.08. The molecule has 0 bridgehead atoms. The first-order valence-electron chi connectivity index (χ1n) is 7.78. The molecule has 3 heteroatoms. The van der Waals surface area contributed by atoms with Crippen molar-refractivity contribution in [3.05, 3.63) is 29.3 Å². The quantitative estimate of drug-likeness (QED) is 0.676. The molecule has 20 heavy (non-hydrogen) atoms. The van der Waals surface area contributed by atoms with Crippen LogP contribution in [0.3, 0.4) is 0 Å². The van der Waals surface area contributed by atoms with E-state index in [1.807, 2.05) is 19.1 Å². The van der Waals surface area contributed by atoms with E-state index in [0.717, 1.165) is 30.8 Å². The Hall–Kier alpha value is -1.35. The Labute approximate surface area is 123 Å². The molecule has 0 saturated heterocycles. The highest BCUT2D eigenvalue weighted by Crippen LogP contribution is 2.21. The Bertz CT molecular complexity index is 415. The molecule has 0 atom stereocenters. The molecule has 0 aliphatic rings. The molecule has 1 aromatic rings. The van der Waals surface area contributed by atoms with Gasteiger partial charge in [0.1, 0.15) is 0 Å². The van der Waals surface area contributed by atoms with E-state index >= 15 is 0 Å². The zero-order valence-electron chi connectivity index (χ0n) is 13.1. The molecule has 0 saturated carbocycles. The predicted molar refractivity (Wildman–Crippen MR) is 86.2 cm³/mol. The lowest BCUT2D eigenvalue weighted by atomic mass is 10.1. The summed E-state index contributed by atoms with van der Waals surface area (Å²) < 4.78 is 0. The van der Waals surface area contributed by atoms with E-state index in [4.69, 9.17) is 0 Å². The van der Waals surface area contributed by atoms with E-state index in [9.17, 15) is 4.79 Å². The topological polar surface area (TPSA) is 41.1 Å². The van der Waals surface area contributed by atoms with E-state index in [1.165, 1.54) is 24.8 Å². The Kier molecular flexibility index (Phi) is 7.97. The molecule has 0 fully saturated rings. The zero-order chi connectivity index (χ0) is 14.8. The van der Waals surface area contributed by atoms with Gasteiger partial charge in [0.25, 0.3) is 0 Å². The number of hydrogen-bond donors (Lipinski definition) is 2. The Morgan fingerprint density at radius 2 is 1.95 bits per heavy atom. The summed E-state index contributed by atoms with van der Waals surface area (Å²) in [6, 6.07) is 6.16. The van der Waals surface area contributed by atoms with Crippen LogP contribution < -0.4 is 10.6 Å². The van der Waals surface area contributed by atoms with Gasteiger partial charge in [0.05, 0.1) is 0 Å². The first-order valence-corrected chi connectivity index (χ1v) is 7.78. The average molecular weight is 276 g/mol. The summed E-state index contributed by atoms with van der Waals surface area (Å²) in [5, 5.41) is 6.37. The van der Waals surface area contributed by atoms with Gasteiger partial charge in [-0.05, 0) is 37.4 Å². The van der Waals surface area contributed by atoms with Gasteiger partial charge in [-0.2, -0.15) is 0 Å². The van der Waals surface area contributed by atoms with Gasteiger partial charge in [-0.25, -0.2) is 0 Å². The van der Waals surface area contributed by atoms with Crippen LogP contribution >= 0.6 is 0 Å². The van der Waals surface area contributed by atoms with Crippen LogP contribution in [0.2, 0.25) is 0 Å². The van der Waals surface area contributed by atoms with E-state index in [1.54, 1.807) is 0 Å². The lowest BCUT2D eigenvalue weighted by molar-refractivity contribution is -0.116. The third kappa shape index (κ3) is 5.74. The molecular formula is C17H28N2O. The number of aryl methyl sites for hydroxylation is 2. The standard InChI is InChI=1S/C17H28N2O/c1-4-6-7-12-18-13-11-16(20)19-17-14(3)9-8-10-15(17)5-2/h8-10,18H,4-7,11-13H2,1-3H3,(H,19,20). The van der Waals surface area contributed by atoms with Gasteiger partial charge in [-0.3, -0.25) is 4.79 Å². The minimum absolute atomic E-state index is 0.0944. The summed E-state index contributed by atoms with van der Waals surface area (Å²) in [5.41, 5.74) is 3.33. The third-order valence-electron chi connectivity index (χ3n) is 3.49. The molecule has 1 amide bonds. The molecule has 0 radical (unpaired) electrons. The van der Waals surface area contributed by atoms with Crippen molar-refractivity contribution in [2.45, 2.75) is 52.9 Å². The van der Waals surface area contributed by atoms with Crippen LogP contribution in [0, 0.1) is 6.92 Å². The van der Waals surface area contributed by atoms with E-state index < -0.39 is 0 Å². The average Bonchev–Trinajstić information content (AvgIpc) is 2.45.